The van der Waals surface area contributed by atoms with E-state index in [4.69, 9.17) is 0 Å². The Balaban J connectivity index is 0.00000264. The molecule has 2 aromatic heterocycles. The van der Waals surface area contributed by atoms with E-state index >= 15 is 0 Å². The van der Waals surface area contributed by atoms with Gasteiger partial charge in [-0.25, -0.2) is 0 Å². The van der Waals surface area contributed by atoms with Crippen molar-refractivity contribution in [3.8, 4) is 0 Å². The summed E-state index contributed by atoms with van der Waals surface area (Å²) < 4.78 is 1.83. The van der Waals surface area contributed by atoms with Gasteiger partial charge >= 0.3 is 0 Å². The van der Waals surface area contributed by atoms with Gasteiger partial charge in [0.1, 0.15) is 0 Å². The van der Waals surface area contributed by atoms with Crippen molar-refractivity contribution in [2.45, 2.75) is 25.7 Å². The standard InChI is InChI=1S/C16H25N5S.HI/c1-16(2,14-6-5-9-22-14)12-19-15(17-3)18-8-7-13-10-20-21(4)11-13;/h5-6,9-11H,7-8,12H2,1-4H3,(H2,17,18,19);1H. The van der Waals surface area contributed by atoms with Crippen LogP contribution in [-0.4, -0.2) is 35.9 Å². The molecule has 2 heterocycles. The van der Waals surface area contributed by atoms with Crippen LogP contribution >= 0.6 is 35.3 Å². The number of aromatic nitrogens is 2. The number of nitrogens with zero attached hydrogens (tertiary/aromatic N) is 3. The van der Waals surface area contributed by atoms with E-state index in [-0.39, 0.29) is 29.4 Å². The largest absolute Gasteiger partial charge is 0.356 e. The molecule has 5 nitrogen and oxygen atoms in total. The van der Waals surface area contributed by atoms with Crippen LogP contribution in [0.3, 0.4) is 0 Å². The number of rotatable bonds is 6. The molecule has 0 unspecified atom stereocenters. The second-order valence-electron chi connectivity index (χ2n) is 5.99. The molecule has 0 saturated heterocycles. The molecule has 23 heavy (non-hydrogen) atoms. The van der Waals surface area contributed by atoms with Crippen molar-refractivity contribution in [3.05, 3.63) is 40.3 Å². The number of hydrogen-bond acceptors (Lipinski definition) is 3. The van der Waals surface area contributed by atoms with E-state index < -0.39 is 0 Å². The minimum absolute atomic E-state index is 0. The summed E-state index contributed by atoms with van der Waals surface area (Å²) in [6.07, 6.45) is 4.87. The third kappa shape index (κ3) is 6.14. The van der Waals surface area contributed by atoms with Gasteiger partial charge in [0.05, 0.1) is 6.20 Å². The molecule has 0 spiro atoms. The average Bonchev–Trinajstić information content (AvgIpc) is 3.14. The van der Waals surface area contributed by atoms with Gasteiger partial charge < -0.3 is 10.6 Å². The molecule has 0 aromatic carbocycles. The fourth-order valence-electron chi connectivity index (χ4n) is 2.20. The average molecular weight is 447 g/mol. The SMILES string of the molecule is CN=C(NCCc1cnn(C)c1)NCC(C)(C)c1cccs1.I. The quantitative estimate of drug-likeness (QED) is 0.407. The third-order valence-electron chi connectivity index (χ3n) is 3.57. The van der Waals surface area contributed by atoms with Crippen LogP contribution in [0.25, 0.3) is 0 Å². The van der Waals surface area contributed by atoms with Crippen LogP contribution in [0.2, 0.25) is 0 Å². The molecular weight excluding hydrogens is 421 g/mol. The summed E-state index contributed by atoms with van der Waals surface area (Å²) in [4.78, 5) is 5.67. The van der Waals surface area contributed by atoms with E-state index in [9.17, 15) is 0 Å². The van der Waals surface area contributed by atoms with Crippen LogP contribution < -0.4 is 10.6 Å². The first-order valence-corrected chi connectivity index (χ1v) is 8.35. The van der Waals surface area contributed by atoms with Crippen molar-refractivity contribution < 1.29 is 0 Å². The Labute approximate surface area is 159 Å². The summed E-state index contributed by atoms with van der Waals surface area (Å²) in [7, 11) is 3.74. The van der Waals surface area contributed by atoms with Crippen molar-refractivity contribution in [1.82, 2.24) is 20.4 Å². The number of nitrogens with one attached hydrogen (secondary N) is 2. The zero-order chi connectivity index (χ0) is 16.0. The molecule has 0 radical (unpaired) electrons. The third-order valence-corrected chi connectivity index (χ3v) is 4.81. The molecule has 0 amide bonds. The first-order chi connectivity index (χ1) is 10.5. The second kappa shape index (κ2) is 9.27. The normalized spacial score (nSPS) is 11.9. The highest BCUT2D eigenvalue weighted by Crippen LogP contribution is 2.26. The summed E-state index contributed by atoms with van der Waals surface area (Å²) in [6.45, 7) is 6.17. The molecule has 2 N–H and O–H groups in total. The van der Waals surface area contributed by atoms with Crippen molar-refractivity contribution in [2.24, 2.45) is 12.0 Å². The molecule has 128 valence electrons. The highest BCUT2D eigenvalue weighted by molar-refractivity contribution is 14.0. The smallest absolute Gasteiger partial charge is 0.191 e. The predicted octanol–water partition coefficient (Wildman–Crippen LogP) is 2.78. The highest BCUT2D eigenvalue weighted by Gasteiger charge is 2.21. The van der Waals surface area contributed by atoms with Crippen LogP contribution in [0, 0.1) is 0 Å². The lowest BCUT2D eigenvalue weighted by Gasteiger charge is -2.25. The van der Waals surface area contributed by atoms with Gasteiger partial charge in [-0.1, -0.05) is 19.9 Å². The Morgan fingerprint density at radius 1 is 1.39 bits per heavy atom. The first kappa shape index (κ1) is 20.0. The van der Waals surface area contributed by atoms with Gasteiger partial charge in [-0.2, -0.15) is 5.10 Å². The maximum Gasteiger partial charge on any atom is 0.191 e. The number of aliphatic imine (C=N–C) groups is 1. The van der Waals surface area contributed by atoms with E-state index in [2.05, 4.69) is 52.1 Å². The van der Waals surface area contributed by atoms with E-state index in [1.807, 2.05) is 24.1 Å². The Hall–Kier alpha value is -1.09. The molecule has 7 heteroatoms. The summed E-state index contributed by atoms with van der Waals surface area (Å²) in [5.74, 6) is 0.841. The maximum absolute atomic E-state index is 4.29. The molecule has 2 aromatic rings. The second-order valence-corrected chi connectivity index (χ2v) is 6.93. The molecule has 0 aliphatic carbocycles. The van der Waals surface area contributed by atoms with Crippen LogP contribution in [0.5, 0.6) is 0 Å². The van der Waals surface area contributed by atoms with E-state index in [0.29, 0.717) is 0 Å². The van der Waals surface area contributed by atoms with E-state index in [0.717, 1.165) is 25.5 Å². The number of thiophene rings is 1. The van der Waals surface area contributed by atoms with Gasteiger partial charge in [0.15, 0.2) is 5.96 Å². The molecular formula is C16H26IN5S. The van der Waals surface area contributed by atoms with Crippen LogP contribution in [0.4, 0.5) is 0 Å². The zero-order valence-electron chi connectivity index (χ0n) is 14.2. The topological polar surface area (TPSA) is 54.2 Å². The van der Waals surface area contributed by atoms with Gasteiger partial charge in [-0.05, 0) is 23.4 Å². The number of hydrogen-bond donors (Lipinski definition) is 2. The Morgan fingerprint density at radius 3 is 2.74 bits per heavy atom. The summed E-state index contributed by atoms with van der Waals surface area (Å²) >= 11 is 1.80. The Morgan fingerprint density at radius 2 is 2.17 bits per heavy atom. The fourth-order valence-corrected chi connectivity index (χ4v) is 3.05. The van der Waals surface area contributed by atoms with Crippen LogP contribution in [0.15, 0.2) is 34.9 Å². The van der Waals surface area contributed by atoms with Gasteiger partial charge in [-0.3, -0.25) is 9.67 Å². The lowest BCUT2D eigenvalue weighted by atomic mass is 9.91. The van der Waals surface area contributed by atoms with Gasteiger partial charge in [0.25, 0.3) is 0 Å². The van der Waals surface area contributed by atoms with Gasteiger partial charge in [0, 0.05) is 43.7 Å². The van der Waals surface area contributed by atoms with E-state index in [1.54, 1.807) is 18.4 Å². The minimum Gasteiger partial charge on any atom is -0.356 e. The first-order valence-electron chi connectivity index (χ1n) is 7.47. The molecule has 0 aliphatic rings. The predicted molar refractivity (Wildman–Crippen MR) is 109 cm³/mol. The monoisotopic (exact) mass is 447 g/mol. The number of aryl methyl sites for hydroxylation is 1. The molecule has 0 bridgehead atoms. The van der Waals surface area contributed by atoms with Gasteiger partial charge in [0.2, 0.25) is 0 Å². The molecule has 2 rings (SSSR count). The number of guanidine groups is 1. The molecule has 0 saturated carbocycles. The van der Waals surface area contributed by atoms with Gasteiger partial charge in [-0.15, -0.1) is 35.3 Å². The summed E-state index contributed by atoms with van der Waals surface area (Å²) in [5.41, 5.74) is 1.32. The molecule has 0 aliphatic heterocycles. The molecule has 0 fully saturated rings. The minimum atomic E-state index is 0. The molecule has 0 atom stereocenters. The summed E-state index contributed by atoms with van der Waals surface area (Å²) in [5, 5.41) is 13.1. The van der Waals surface area contributed by atoms with Crippen LogP contribution in [0.1, 0.15) is 24.3 Å². The maximum atomic E-state index is 4.29. The van der Waals surface area contributed by atoms with Crippen LogP contribution in [-0.2, 0) is 18.9 Å². The van der Waals surface area contributed by atoms with E-state index in [1.165, 1.54) is 10.4 Å². The zero-order valence-corrected chi connectivity index (χ0v) is 17.3. The Bertz CT molecular complexity index is 604. The number of halogens is 1. The lowest BCUT2D eigenvalue weighted by Crippen LogP contribution is -2.43. The summed E-state index contributed by atoms with van der Waals surface area (Å²) in [6, 6.07) is 4.29. The van der Waals surface area contributed by atoms with Crippen molar-refractivity contribution >= 4 is 41.3 Å². The van der Waals surface area contributed by atoms with Crippen molar-refractivity contribution in [3.63, 3.8) is 0 Å². The highest BCUT2D eigenvalue weighted by atomic mass is 127. The van der Waals surface area contributed by atoms with Crippen molar-refractivity contribution in [1.29, 1.82) is 0 Å². The fraction of sp³-hybridized carbons (Fsp3) is 0.500. The Kier molecular flexibility index (Phi) is 8.04. The van der Waals surface area contributed by atoms with Crippen molar-refractivity contribution in [2.75, 3.05) is 20.1 Å². The lowest BCUT2D eigenvalue weighted by molar-refractivity contribution is 0.518.